The van der Waals surface area contributed by atoms with Gasteiger partial charge in [-0.2, -0.15) is 0 Å². The molecule has 0 bridgehead atoms. The van der Waals surface area contributed by atoms with Gasteiger partial charge in [-0.15, -0.1) is 0 Å². The van der Waals surface area contributed by atoms with E-state index in [4.69, 9.17) is 0 Å². The van der Waals surface area contributed by atoms with Crippen molar-refractivity contribution in [3.63, 3.8) is 0 Å². The Morgan fingerprint density at radius 3 is 2.63 bits per heavy atom. The van der Waals surface area contributed by atoms with E-state index in [0.29, 0.717) is 6.42 Å². The van der Waals surface area contributed by atoms with E-state index in [9.17, 15) is 4.79 Å². The SMILES string of the molecule is O=C(Cc1ccc2ccccc2c1)NCCCCBr. The summed E-state index contributed by atoms with van der Waals surface area (Å²) in [5.41, 5.74) is 1.07. The van der Waals surface area contributed by atoms with Crippen LogP contribution in [0.15, 0.2) is 42.5 Å². The molecule has 1 amide bonds. The fourth-order valence-electron chi connectivity index (χ4n) is 2.04. The largest absolute Gasteiger partial charge is 0.356 e. The average molecular weight is 320 g/mol. The molecule has 2 rings (SSSR count). The number of nitrogens with one attached hydrogen (secondary N) is 1. The summed E-state index contributed by atoms with van der Waals surface area (Å²) in [7, 11) is 0. The third kappa shape index (κ3) is 4.35. The summed E-state index contributed by atoms with van der Waals surface area (Å²) in [6, 6.07) is 14.4. The number of hydrogen-bond donors (Lipinski definition) is 1. The van der Waals surface area contributed by atoms with Crippen LogP contribution in [0.1, 0.15) is 18.4 Å². The topological polar surface area (TPSA) is 29.1 Å². The maximum atomic E-state index is 11.8. The highest BCUT2D eigenvalue weighted by molar-refractivity contribution is 9.09. The van der Waals surface area contributed by atoms with Gasteiger partial charge in [0.15, 0.2) is 0 Å². The molecule has 0 aromatic heterocycles. The zero-order chi connectivity index (χ0) is 13.5. The van der Waals surface area contributed by atoms with Gasteiger partial charge in [-0.05, 0) is 29.2 Å². The van der Waals surface area contributed by atoms with E-state index in [0.717, 1.165) is 30.3 Å². The highest BCUT2D eigenvalue weighted by atomic mass is 79.9. The average Bonchev–Trinajstić information content (AvgIpc) is 2.43. The smallest absolute Gasteiger partial charge is 0.224 e. The Morgan fingerprint density at radius 2 is 1.84 bits per heavy atom. The minimum absolute atomic E-state index is 0.102. The summed E-state index contributed by atoms with van der Waals surface area (Å²) >= 11 is 3.38. The standard InChI is InChI=1S/C16H18BrNO/c17-9-3-4-10-18-16(19)12-13-7-8-14-5-1-2-6-15(14)11-13/h1-2,5-8,11H,3-4,9-10,12H2,(H,18,19). The van der Waals surface area contributed by atoms with Gasteiger partial charge >= 0.3 is 0 Å². The van der Waals surface area contributed by atoms with Gasteiger partial charge in [0.2, 0.25) is 5.91 Å². The van der Waals surface area contributed by atoms with E-state index < -0.39 is 0 Å². The van der Waals surface area contributed by atoms with Crippen LogP contribution >= 0.6 is 15.9 Å². The predicted octanol–water partition coefficient (Wildman–Crippen LogP) is 3.67. The molecule has 0 saturated heterocycles. The second kappa shape index (κ2) is 7.29. The quantitative estimate of drug-likeness (QED) is 0.638. The maximum absolute atomic E-state index is 11.8. The molecule has 0 radical (unpaired) electrons. The molecule has 0 heterocycles. The van der Waals surface area contributed by atoms with Crippen molar-refractivity contribution in [2.24, 2.45) is 0 Å². The predicted molar refractivity (Wildman–Crippen MR) is 83.7 cm³/mol. The fraction of sp³-hybridized carbons (Fsp3) is 0.312. The lowest BCUT2D eigenvalue weighted by Gasteiger charge is -2.06. The van der Waals surface area contributed by atoms with Crippen molar-refractivity contribution in [2.75, 3.05) is 11.9 Å². The van der Waals surface area contributed by atoms with E-state index in [-0.39, 0.29) is 5.91 Å². The number of hydrogen-bond acceptors (Lipinski definition) is 1. The van der Waals surface area contributed by atoms with Gasteiger partial charge in [0.1, 0.15) is 0 Å². The van der Waals surface area contributed by atoms with Crippen LogP contribution in [0.3, 0.4) is 0 Å². The Morgan fingerprint density at radius 1 is 1.05 bits per heavy atom. The molecule has 0 unspecified atom stereocenters. The maximum Gasteiger partial charge on any atom is 0.224 e. The lowest BCUT2D eigenvalue weighted by molar-refractivity contribution is -0.120. The molecule has 0 aliphatic rings. The molecule has 100 valence electrons. The molecule has 3 heteroatoms. The van der Waals surface area contributed by atoms with E-state index in [1.165, 1.54) is 10.8 Å². The van der Waals surface area contributed by atoms with Crippen molar-refractivity contribution in [3.8, 4) is 0 Å². The fourth-order valence-corrected chi connectivity index (χ4v) is 2.44. The van der Waals surface area contributed by atoms with Crippen LogP contribution < -0.4 is 5.32 Å². The van der Waals surface area contributed by atoms with E-state index in [1.807, 2.05) is 18.2 Å². The van der Waals surface area contributed by atoms with Crippen molar-refractivity contribution >= 4 is 32.6 Å². The molecule has 0 aliphatic carbocycles. The second-order valence-corrected chi connectivity index (χ2v) is 5.40. The molecule has 0 fully saturated rings. The van der Waals surface area contributed by atoms with Crippen molar-refractivity contribution in [1.29, 1.82) is 0 Å². The first kappa shape index (κ1) is 14.1. The van der Waals surface area contributed by atoms with Crippen molar-refractivity contribution in [3.05, 3.63) is 48.0 Å². The number of carbonyl (C=O) groups excluding carboxylic acids is 1. The van der Waals surface area contributed by atoms with Crippen molar-refractivity contribution in [2.45, 2.75) is 19.3 Å². The van der Waals surface area contributed by atoms with E-state index in [1.54, 1.807) is 0 Å². The van der Waals surface area contributed by atoms with Crippen LogP contribution in [0.5, 0.6) is 0 Å². The number of carbonyl (C=O) groups is 1. The summed E-state index contributed by atoms with van der Waals surface area (Å²) in [6.07, 6.45) is 2.57. The molecule has 0 atom stereocenters. The number of rotatable bonds is 6. The first-order valence-electron chi connectivity index (χ1n) is 6.60. The first-order chi connectivity index (χ1) is 9.29. The third-order valence-corrected chi connectivity index (χ3v) is 3.62. The monoisotopic (exact) mass is 319 g/mol. The van der Waals surface area contributed by atoms with Gasteiger partial charge in [0.05, 0.1) is 6.42 Å². The van der Waals surface area contributed by atoms with Gasteiger partial charge < -0.3 is 5.32 Å². The molecular formula is C16H18BrNO. The number of fused-ring (bicyclic) bond motifs is 1. The van der Waals surface area contributed by atoms with Gasteiger partial charge in [0, 0.05) is 11.9 Å². The first-order valence-corrected chi connectivity index (χ1v) is 7.72. The molecule has 0 aliphatic heterocycles. The number of halogens is 1. The summed E-state index contributed by atoms with van der Waals surface area (Å²) in [5.74, 6) is 0.102. The molecule has 0 saturated carbocycles. The van der Waals surface area contributed by atoms with Crippen LogP contribution in [0.2, 0.25) is 0 Å². The molecule has 2 aromatic carbocycles. The Balaban J connectivity index is 1.91. The summed E-state index contributed by atoms with van der Waals surface area (Å²) < 4.78 is 0. The summed E-state index contributed by atoms with van der Waals surface area (Å²) in [4.78, 5) is 11.8. The number of alkyl halides is 1. The summed E-state index contributed by atoms with van der Waals surface area (Å²) in [6.45, 7) is 0.762. The van der Waals surface area contributed by atoms with Gasteiger partial charge in [-0.25, -0.2) is 0 Å². The minimum Gasteiger partial charge on any atom is -0.356 e. The number of unbranched alkanes of at least 4 members (excludes halogenated alkanes) is 1. The number of amides is 1. The molecule has 2 nitrogen and oxygen atoms in total. The Hall–Kier alpha value is -1.35. The zero-order valence-electron chi connectivity index (χ0n) is 10.9. The van der Waals surface area contributed by atoms with E-state index in [2.05, 4.69) is 45.5 Å². The van der Waals surface area contributed by atoms with Crippen LogP contribution in [-0.4, -0.2) is 17.8 Å². The highest BCUT2D eigenvalue weighted by Crippen LogP contribution is 2.15. The van der Waals surface area contributed by atoms with Crippen LogP contribution in [-0.2, 0) is 11.2 Å². The highest BCUT2D eigenvalue weighted by Gasteiger charge is 2.03. The molecule has 2 aromatic rings. The zero-order valence-corrected chi connectivity index (χ0v) is 12.4. The Bertz CT molecular complexity index is 553. The normalized spacial score (nSPS) is 10.6. The Labute approximate surface area is 122 Å². The molecule has 0 spiro atoms. The van der Waals surface area contributed by atoms with Crippen LogP contribution in [0.25, 0.3) is 10.8 Å². The van der Waals surface area contributed by atoms with Gasteiger partial charge in [0.25, 0.3) is 0 Å². The molecular weight excluding hydrogens is 302 g/mol. The third-order valence-electron chi connectivity index (χ3n) is 3.06. The minimum atomic E-state index is 0.102. The van der Waals surface area contributed by atoms with Crippen molar-refractivity contribution in [1.82, 2.24) is 5.32 Å². The Kier molecular flexibility index (Phi) is 5.40. The lowest BCUT2D eigenvalue weighted by Crippen LogP contribution is -2.26. The number of benzene rings is 2. The van der Waals surface area contributed by atoms with Crippen LogP contribution in [0.4, 0.5) is 0 Å². The van der Waals surface area contributed by atoms with Crippen LogP contribution in [0, 0.1) is 0 Å². The van der Waals surface area contributed by atoms with Gasteiger partial charge in [-0.1, -0.05) is 58.4 Å². The second-order valence-electron chi connectivity index (χ2n) is 4.60. The van der Waals surface area contributed by atoms with Gasteiger partial charge in [-0.3, -0.25) is 4.79 Å². The molecule has 1 N–H and O–H groups in total. The van der Waals surface area contributed by atoms with Crippen molar-refractivity contribution < 1.29 is 4.79 Å². The molecule has 19 heavy (non-hydrogen) atoms. The summed E-state index contributed by atoms with van der Waals surface area (Å²) in [5, 5.41) is 6.35. The van der Waals surface area contributed by atoms with E-state index >= 15 is 0 Å². The lowest BCUT2D eigenvalue weighted by atomic mass is 10.0.